The van der Waals surface area contributed by atoms with Crippen LogP contribution in [0.5, 0.6) is 0 Å². The average Bonchev–Trinajstić information content (AvgIpc) is 2.23. The topological polar surface area (TPSA) is 72.2 Å². The third kappa shape index (κ3) is 4.76. The van der Waals surface area contributed by atoms with Gasteiger partial charge < -0.3 is 5.73 Å². The van der Waals surface area contributed by atoms with E-state index in [1.807, 2.05) is 13.8 Å². The summed E-state index contributed by atoms with van der Waals surface area (Å²) in [6.45, 7) is 3.92. The molecule has 0 aliphatic carbocycles. The van der Waals surface area contributed by atoms with E-state index in [2.05, 4.69) is 20.7 Å². The molecule has 0 aromatic heterocycles. The predicted octanol–water partition coefficient (Wildman–Crippen LogP) is 2.38. The molecule has 0 heterocycles. The molecule has 1 atom stereocenters. The van der Waals surface area contributed by atoms with Crippen LogP contribution >= 0.6 is 15.9 Å². The number of halogens is 3. The maximum Gasteiger partial charge on any atom is 0.244 e. The smallest absolute Gasteiger partial charge is 0.244 e. The largest absolute Gasteiger partial charge is 0.327 e. The van der Waals surface area contributed by atoms with Crippen molar-refractivity contribution in [3.63, 3.8) is 0 Å². The molecule has 0 amide bonds. The number of hydrogen-bond donors (Lipinski definition) is 2. The SMILES string of the molecule is CC(C)CC(N)CNS(=O)(=O)c1c(F)cc(F)cc1Br. The van der Waals surface area contributed by atoms with Gasteiger partial charge in [0.05, 0.1) is 0 Å². The summed E-state index contributed by atoms with van der Waals surface area (Å²) in [5.41, 5.74) is 5.77. The first kappa shape index (κ1) is 17.5. The van der Waals surface area contributed by atoms with E-state index in [1.165, 1.54) is 0 Å². The molecule has 0 bridgehead atoms. The standard InChI is InChI=1S/C12H17BrF2N2O2S/c1-7(2)3-9(16)6-17-20(18,19)12-10(13)4-8(14)5-11(12)15/h4-5,7,9,17H,3,6,16H2,1-2H3. The van der Waals surface area contributed by atoms with Crippen LogP contribution in [-0.2, 0) is 10.0 Å². The fourth-order valence-corrected chi connectivity index (χ4v) is 4.02. The van der Waals surface area contributed by atoms with Gasteiger partial charge in [-0.05, 0) is 34.3 Å². The van der Waals surface area contributed by atoms with Gasteiger partial charge in [0.2, 0.25) is 10.0 Å². The minimum atomic E-state index is -4.09. The molecule has 0 saturated carbocycles. The van der Waals surface area contributed by atoms with Crippen molar-refractivity contribution in [3.8, 4) is 0 Å². The van der Waals surface area contributed by atoms with Crippen LogP contribution in [0, 0.1) is 17.6 Å². The number of nitrogens with two attached hydrogens (primary N) is 1. The van der Waals surface area contributed by atoms with Crippen LogP contribution in [-0.4, -0.2) is 21.0 Å². The molecule has 0 radical (unpaired) electrons. The van der Waals surface area contributed by atoms with Crippen molar-refractivity contribution in [2.75, 3.05) is 6.54 Å². The summed E-state index contributed by atoms with van der Waals surface area (Å²) < 4.78 is 52.7. The highest BCUT2D eigenvalue weighted by molar-refractivity contribution is 9.10. The van der Waals surface area contributed by atoms with Gasteiger partial charge in [-0.1, -0.05) is 13.8 Å². The molecule has 114 valence electrons. The van der Waals surface area contributed by atoms with Gasteiger partial charge in [-0.2, -0.15) is 0 Å². The van der Waals surface area contributed by atoms with Crippen molar-refractivity contribution in [1.82, 2.24) is 4.72 Å². The zero-order valence-corrected chi connectivity index (χ0v) is 13.6. The third-order valence-electron chi connectivity index (χ3n) is 2.54. The van der Waals surface area contributed by atoms with E-state index >= 15 is 0 Å². The number of benzene rings is 1. The minimum Gasteiger partial charge on any atom is -0.327 e. The Morgan fingerprint density at radius 3 is 2.45 bits per heavy atom. The second kappa shape index (κ2) is 6.93. The number of sulfonamides is 1. The van der Waals surface area contributed by atoms with Crippen molar-refractivity contribution < 1.29 is 17.2 Å². The van der Waals surface area contributed by atoms with Gasteiger partial charge in [-0.25, -0.2) is 21.9 Å². The molecule has 0 fully saturated rings. The molecule has 0 aliphatic rings. The predicted molar refractivity (Wildman–Crippen MR) is 76.7 cm³/mol. The lowest BCUT2D eigenvalue weighted by Crippen LogP contribution is -2.38. The Morgan fingerprint density at radius 1 is 1.35 bits per heavy atom. The Balaban J connectivity index is 2.90. The highest BCUT2D eigenvalue weighted by atomic mass is 79.9. The summed E-state index contributed by atoms with van der Waals surface area (Å²) in [7, 11) is -4.09. The Morgan fingerprint density at radius 2 is 1.95 bits per heavy atom. The Kier molecular flexibility index (Phi) is 6.06. The van der Waals surface area contributed by atoms with Gasteiger partial charge in [0.25, 0.3) is 0 Å². The lowest BCUT2D eigenvalue weighted by Gasteiger charge is -2.15. The summed E-state index contributed by atoms with van der Waals surface area (Å²) in [6.07, 6.45) is 0.635. The maximum absolute atomic E-state index is 13.6. The maximum atomic E-state index is 13.6. The number of hydrogen-bond acceptors (Lipinski definition) is 3. The van der Waals surface area contributed by atoms with Crippen molar-refractivity contribution in [3.05, 3.63) is 28.2 Å². The lowest BCUT2D eigenvalue weighted by atomic mass is 10.1. The molecule has 1 aromatic carbocycles. The summed E-state index contributed by atoms with van der Waals surface area (Å²) in [5.74, 6) is -1.68. The first-order valence-corrected chi connectivity index (χ1v) is 8.31. The normalized spacial score (nSPS) is 13.8. The molecule has 0 spiro atoms. The molecule has 1 unspecified atom stereocenters. The fraction of sp³-hybridized carbons (Fsp3) is 0.500. The van der Waals surface area contributed by atoms with Gasteiger partial charge >= 0.3 is 0 Å². The first-order chi connectivity index (χ1) is 9.13. The summed E-state index contributed by atoms with van der Waals surface area (Å²) in [6, 6.07) is 1.05. The van der Waals surface area contributed by atoms with E-state index in [-0.39, 0.29) is 17.1 Å². The zero-order chi connectivity index (χ0) is 15.5. The van der Waals surface area contributed by atoms with Gasteiger partial charge in [0.15, 0.2) is 0 Å². The molecule has 3 N–H and O–H groups in total. The van der Waals surface area contributed by atoms with Crippen LogP contribution in [0.15, 0.2) is 21.5 Å². The summed E-state index contributed by atoms with van der Waals surface area (Å²) in [4.78, 5) is -0.615. The van der Waals surface area contributed by atoms with Crippen LogP contribution in [0.1, 0.15) is 20.3 Å². The van der Waals surface area contributed by atoms with Gasteiger partial charge in [0.1, 0.15) is 16.5 Å². The molecule has 0 saturated heterocycles. The molecule has 4 nitrogen and oxygen atoms in total. The monoisotopic (exact) mass is 370 g/mol. The van der Waals surface area contributed by atoms with Crippen LogP contribution < -0.4 is 10.5 Å². The van der Waals surface area contributed by atoms with Crippen molar-refractivity contribution in [1.29, 1.82) is 0 Å². The molecule has 1 aromatic rings. The molecular formula is C12H17BrF2N2O2S. The third-order valence-corrected chi connectivity index (χ3v) is 4.93. The van der Waals surface area contributed by atoms with Crippen LogP contribution in [0.25, 0.3) is 0 Å². The lowest BCUT2D eigenvalue weighted by molar-refractivity contribution is 0.483. The fourth-order valence-electron chi connectivity index (χ4n) is 1.76. The molecule has 1 rings (SSSR count). The number of rotatable bonds is 6. The summed E-state index contributed by atoms with van der Waals surface area (Å²) >= 11 is 2.85. The second-order valence-electron chi connectivity index (χ2n) is 4.94. The number of nitrogens with one attached hydrogen (secondary N) is 1. The highest BCUT2D eigenvalue weighted by Crippen LogP contribution is 2.26. The Labute approximate surface area is 125 Å². The van der Waals surface area contributed by atoms with Gasteiger partial charge in [-0.15, -0.1) is 0 Å². The van der Waals surface area contributed by atoms with Crippen LogP contribution in [0.3, 0.4) is 0 Å². The van der Waals surface area contributed by atoms with Crippen molar-refractivity contribution in [2.45, 2.75) is 31.2 Å². The second-order valence-corrected chi connectivity index (χ2v) is 7.50. The first-order valence-electron chi connectivity index (χ1n) is 6.03. The van der Waals surface area contributed by atoms with E-state index in [0.29, 0.717) is 18.4 Å². The van der Waals surface area contributed by atoms with E-state index in [0.717, 1.165) is 6.07 Å². The van der Waals surface area contributed by atoms with Crippen molar-refractivity contribution in [2.24, 2.45) is 11.7 Å². The van der Waals surface area contributed by atoms with Crippen LogP contribution in [0.4, 0.5) is 8.78 Å². The molecule has 20 heavy (non-hydrogen) atoms. The van der Waals surface area contributed by atoms with E-state index in [9.17, 15) is 17.2 Å². The van der Waals surface area contributed by atoms with E-state index in [1.54, 1.807) is 0 Å². The summed E-state index contributed by atoms with van der Waals surface area (Å²) in [5, 5.41) is 0. The van der Waals surface area contributed by atoms with Gasteiger partial charge in [-0.3, -0.25) is 0 Å². The molecular weight excluding hydrogens is 354 g/mol. The zero-order valence-electron chi connectivity index (χ0n) is 11.2. The van der Waals surface area contributed by atoms with E-state index in [4.69, 9.17) is 5.73 Å². The quantitative estimate of drug-likeness (QED) is 0.807. The highest BCUT2D eigenvalue weighted by Gasteiger charge is 2.24. The van der Waals surface area contributed by atoms with Gasteiger partial charge in [0, 0.05) is 23.1 Å². The van der Waals surface area contributed by atoms with Crippen molar-refractivity contribution >= 4 is 26.0 Å². The Hall–Kier alpha value is -0.570. The minimum absolute atomic E-state index is 0.0101. The molecule has 8 heteroatoms. The molecule has 0 aliphatic heterocycles. The average molecular weight is 371 g/mol. The van der Waals surface area contributed by atoms with E-state index < -0.39 is 26.6 Å². The van der Waals surface area contributed by atoms with Crippen LogP contribution in [0.2, 0.25) is 0 Å². The Bertz CT molecular complexity index is 556.